The minimum atomic E-state index is -3.00. The van der Waals surface area contributed by atoms with Gasteiger partial charge in [0.1, 0.15) is 0 Å². The van der Waals surface area contributed by atoms with E-state index in [0.29, 0.717) is 19.8 Å². The van der Waals surface area contributed by atoms with Crippen LogP contribution in [0.2, 0.25) is 0 Å². The molecule has 0 aromatic heterocycles. The third kappa shape index (κ3) is 3.22. The maximum absolute atomic E-state index is 11.8. The number of hydrogen-bond acceptors (Lipinski definition) is 4. The van der Waals surface area contributed by atoms with Gasteiger partial charge in [0, 0.05) is 6.61 Å². The fraction of sp³-hybridized carbons (Fsp3) is 1.00. The van der Waals surface area contributed by atoms with Crippen LogP contribution in [0.3, 0.4) is 0 Å². The zero-order chi connectivity index (χ0) is 10.6. The SMILES string of the molecule is CC(CN)CS(=O)(=O)C1CCCOC1. The van der Waals surface area contributed by atoms with Gasteiger partial charge in [0.25, 0.3) is 0 Å². The largest absolute Gasteiger partial charge is 0.380 e. The Bertz CT molecular complexity index is 257. The number of nitrogens with two attached hydrogens (primary N) is 1. The van der Waals surface area contributed by atoms with Gasteiger partial charge in [0.2, 0.25) is 0 Å². The molecule has 1 rings (SSSR count). The summed E-state index contributed by atoms with van der Waals surface area (Å²) in [5, 5.41) is -0.301. The second-order valence-electron chi connectivity index (χ2n) is 4.01. The Morgan fingerprint density at radius 2 is 2.29 bits per heavy atom. The molecule has 2 atom stereocenters. The van der Waals surface area contributed by atoms with Gasteiger partial charge in [-0.25, -0.2) is 8.42 Å². The summed E-state index contributed by atoms with van der Waals surface area (Å²) in [7, 11) is -3.00. The molecule has 0 aromatic rings. The lowest BCUT2D eigenvalue weighted by molar-refractivity contribution is 0.0990. The number of rotatable bonds is 4. The molecule has 0 amide bonds. The first-order chi connectivity index (χ1) is 6.56. The summed E-state index contributed by atoms with van der Waals surface area (Å²) < 4.78 is 28.8. The average molecular weight is 221 g/mol. The first-order valence-corrected chi connectivity index (χ1v) is 6.77. The summed E-state index contributed by atoms with van der Waals surface area (Å²) in [5.74, 6) is 0.235. The van der Waals surface area contributed by atoms with E-state index in [4.69, 9.17) is 10.5 Å². The fourth-order valence-electron chi connectivity index (χ4n) is 1.60. The molecule has 2 unspecified atom stereocenters. The van der Waals surface area contributed by atoms with E-state index < -0.39 is 9.84 Å². The van der Waals surface area contributed by atoms with Crippen molar-refractivity contribution in [3.63, 3.8) is 0 Å². The molecule has 0 saturated carbocycles. The highest BCUT2D eigenvalue weighted by atomic mass is 32.2. The van der Waals surface area contributed by atoms with Crippen LogP contribution in [0.1, 0.15) is 19.8 Å². The van der Waals surface area contributed by atoms with Crippen LogP contribution in [0.25, 0.3) is 0 Å². The highest BCUT2D eigenvalue weighted by Crippen LogP contribution is 2.17. The van der Waals surface area contributed by atoms with Gasteiger partial charge in [0.05, 0.1) is 17.6 Å². The standard InChI is InChI=1S/C9H19NO3S/c1-8(5-10)7-14(11,12)9-3-2-4-13-6-9/h8-9H,2-7,10H2,1H3. The maximum atomic E-state index is 11.8. The Morgan fingerprint density at radius 1 is 1.57 bits per heavy atom. The van der Waals surface area contributed by atoms with E-state index in [-0.39, 0.29) is 16.9 Å². The Kier molecular flexibility index (Phi) is 4.34. The molecule has 0 aliphatic carbocycles. The molecule has 84 valence electrons. The van der Waals surface area contributed by atoms with Gasteiger partial charge >= 0.3 is 0 Å². The average Bonchev–Trinajstić information content (AvgIpc) is 2.18. The van der Waals surface area contributed by atoms with E-state index >= 15 is 0 Å². The quantitative estimate of drug-likeness (QED) is 0.735. The maximum Gasteiger partial charge on any atom is 0.155 e. The van der Waals surface area contributed by atoms with Gasteiger partial charge < -0.3 is 10.5 Å². The second kappa shape index (κ2) is 5.09. The Balaban J connectivity index is 2.54. The second-order valence-corrected chi connectivity index (χ2v) is 6.34. The molecule has 14 heavy (non-hydrogen) atoms. The van der Waals surface area contributed by atoms with Crippen molar-refractivity contribution in [3.05, 3.63) is 0 Å². The van der Waals surface area contributed by atoms with Crippen LogP contribution >= 0.6 is 0 Å². The molecule has 1 aliphatic rings. The van der Waals surface area contributed by atoms with Crippen LogP contribution in [0, 0.1) is 5.92 Å². The first-order valence-electron chi connectivity index (χ1n) is 5.05. The van der Waals surface area contributed by atoms with Crippen LogP contribution < -0.4 is 5.73 Å². The molecule has 1 fully saturated rings. The van der Waals surface area contributed by atoms with Crippen LogP contribution in [-0.4, -0.2) is 39.2 Å². The van der Waals surface area contributed by atoms with Crippen LogP contribution in [0.15, 0.2) is 0 Å². The van der Waals surface area contributed by atoms with Gasteiger partial charge in [-0.2, -0.15) is 0 Å². The van der Waals surface area contributed by atoms with Crippen molar-refractivity contribution in [3.8, 4) is 0 Å². The number of ether oxygens (including phenoxy) is 1. The first kappa shape index (κ1) is 11.9. The highest BCUT2D eigenvalue weighted by molar-refractivity contribution is 7.92. The summed E-state index contributed by atoms with van der Waals surface area (Å²) in [6.45, 7) is 3.34. The zero-order valence-corrected chi connectivity index (χ0v) is 9.42. The van der Waals surface area contributed by atoms with E-state index in [2.05, 4.69) is 0 Å². The lowest BCUT2D eigenvalue weighted by Gasteiger charge is -2.23. The number of sulfone groups is 1. The van der Waals surface area contributed by atoms with Gasteiger partial charge in [-0.15, -0.1) is 0 Å². The molecule has 0 radical (unpaired) electrons. The van der Waals surface area contributed by atoms with Crippen LogP contribution in [-0.2, 0) is 14.6 Å². The smallest absolute Gasteiger partial charge is 0.155 e. The third-order valence-corrected chi connectivity index (χ3v) is 4.97. The molecule has 5 heteroatoms. The van der Waals surface area contributed by atoms with Gasteiger partial charge in [-0.1, -0.05) is 6.92 Å². The van der Waals surface area contributed by atoms with Crippen LogP contribution in [0.4, 0.5) is 0 Å². The summed E-state index contributed by atoms with van der Waals surface area (Å²) in [6.07, 6.45) is 1.58. The summed E-state index contributed by atoms with van der Waals surface area (Å²) in [5.41, 5.74) is 5.41. The minimum Gasteiger partial charge on any atom is -0.380 e. The summed E-state index contributed by atoms with van der Waals surface area (Å²) >= 11 is 0. The van der Waals surface area contributed by atoms with Crippen molar-refractivity contribution in [1.82, 2.24) is 0 Å². The van der Waals surface area contributed by atoms with Crippen LogP contribution in [0.5, 0.6) is 0 Å². The van der Waals surface area contributed by atoms with E-state index in [1.807, 2.05) is 6.92 Å². The normalized spacial score (nSPS) is 26.0. The molecule has 1 aliphatic heterocycles. The Labute approximate surface area is 85.7 Å². The number of hydrogen-bond donors (Lipinski definition) is 1. The lowest BCUT2D eigenvalue weighted by Crippen LogP contribution is -2.35. The highest BCUT2D eigenvalue weighted by Gasteiger charge is 2.28. The van der Waals surface area contributed by atoms with Gasteiger partial charge in [-0.3, -0.25) is 0 Å². The predicted octanol–water partition coefficient (Wildman–Crippen LogP) is 0.175. The Morgan fingerprint density at radius 3 is 2.79 bits per heavy atom. The predicted molar refractivity (Wildman–Crippen MR) is 55.8 cm³/mol. The van der Waals surface area contributed by atoms with Crippen molar-refractivity contribution in [2.24, 2.45) is 11.7 Å². The molecular formula is C9H19NO3S. The molecule has 0 aromatic carbocycles. The van der Waals surface area contributed by atoms with E-state index in [9.17, 15) is 8.42 Å². The molecule has 0 spiro atoms. The molecule has 0 bridgehead atoms. The van der Waals surface area contributed by atoms with Crippen molar-refractivity contribution in [2.45, 2.75) is 25.0 Å². The molecule has 1 heterocycles. The Hall–Kier alpha value is -0.130. The zero-order valence-electron chi connectivity index (χ0n) is 8.61. The molecule has 2 N–H and O–H groups in total. The molecule has 4 nitrogen and oxygen atoms in total. The summed E-state index contributed by atoms with van der Waals surface area (Å²) in [6, 6.07) is 0. The topological polar surface area (TPSA) is 69.4 Å². The molecule has 1 saturated heterocycles. The monoisotopic (exact) mass is 221 g/mol. The summed E-state index contributed by atoms with van der Waals surface area (Å²) in [4.78, 5) is 0. The van der Waals surface area contributed by atoms with Gasteiger partial charge in [-0.05, 0) is 25.3 Å². The van der Waals surface area contributed by atoms with Crippen molar-refractivity contribution in [1.29, 1.82) is 0 Å². The fourth-order valence-corrected chi connectivity index (χ4v) is 3.63. The molecular weight excluding hydrogens is 202 g/mol. The van der Waals surface area contributed by atoms with Crippen molar-refractivity contribution in [2.75, 3.05) is 25.5 Å². The van der Waals surface area contributed by atoms with Crippen molar-refractivity contribution >= 4 is 9.84 Å². The van der Waals surface area contributed by atoms with E-state index in [0.717, 1.165) is 12.8 Å². The van der Waals surface area contributed by atoms with Crippen molar-refractivity contribution < 1.29 is 13.2 Å². The third-order valence-electron chi connectivity index (χ3n) is 2.55. The van der Waals surface area contributed by atoms with E-state index in [1.54, 1.807) is 0 Å². The van der Waals surface area contributed by atoms with E-state index in [1.165, 1.54) is 0 Å². The van der Waals surface area contributed by atoms with Gasteiger partial charge in [0.15, 0.2) is 9.84 Å². The lowest BCUT2D eigenvalue weighted by atomic mass is 10.2. The minimum absolute atomic E-state index is 0.0435.